The Morgan fingerprint density at radius 1 is 0.359 bits per heavy atom. The molecular weight excluding hydrogens is 771 g/mol. The van der Waals surface area contributed by atoms with Crippen LogP contribution in [0.15, 0.2) is 127 Å². The van der Waals surface area contributed by atoms with Gasteiger partial charge >= 0.3 is 0 Å². The largest absolute Gasteiger partial charge is 0.310 e. The summed E-state index contributed by atoms with van der Waals surface area (Å²) in [5.74, 6) is 2.84. The molecule has 5 aliphatic carbocycles. The molecule has 0 atom stereocenters. The second-order valence-corrected chi connectivity index (χ2v) is 21.4. The summed E-state index contributed by atoms with van der Waals surface area (Å²) in [4.78, 5) is 2.49. The first-order valence-electron chi connectivity index (χ1n) is 26.0. The van der Waals surface area contributed by atoms with Crippen LogP contribution in [0.3, 0.4) is 0 Å². The van der Waals surface area contributed by atoms with Crippen LogP contribution < -0.4 is 4.90 Å². The van der Waals surface area contributed by atoms with E-state index in [0.29, 0.717) is 17.8 Å². The van der Waals surface area contributed by atoms with Gasteiger partial charge in [0.1, 0.15) is 0 Å². The lowest BCUT2D eigenvalue weighted by atomic mass is 9.72. The molecule has 1 heteroatoms. The number of fused-ring (bicyclic) bond motifs is 3. The molecule has 5 aliphatic rings. The molecule has 0 bridgehead atoms. The topological polar surface area (TPSA) is 3.24 Å². The summed E-state index contributed by atoms with van der Waals surface area (Å²) in [6.45, 7) is 4.79. The van der Waals surface area contributed by atoms with Crippen LogP contribution in [0.1, 0.15) is 199 Å². The molecule has 4 fully saturated rings. The van der Waals surface area contributed by atoms with E-state index < -0.39 is 0 Å². The molecule has 0 amide bonds. The van der Waals surface area contributed by atoms with Crippen molar-refractivity contribution in [3.05, 3.63) is 161 Å². The van der Waals surface area contributed by atoms with Crippen molar-refractivity contribution in [1.29, 1.82) is 0 Å². The van der Waals surface area contributed by atoms with Gasteiger partial charge < -0.3 is 4.90 Å². The average Bonchev–Trinajstić information content (AvgIpc) is 3.60. The first-order valence-corrected chi connectivity index (χ1v) is 26.0. The standard InChI is InChI=1S/C63H71N/c1-63(2)60-26-16-15-25-56(60)57-40-39-55(43-61(57)63)64(53-35-31-47(32-36-53)44-17-7-3-8-18-44)54-37-33-48(34-38-54)46-27-29-51(30-28-46)62-58(49-21-11-5-12-22-49)41-52(45-19-9-4-10-20-45)42-59(62)50-23-13-6-14-24-50/h15-16,25-45,49-50H,3-14,17-24H2,1-2H3. The summed E-state index contributed by atoms with van der Waals surface area (Å²) >= 11 is 0. The van der Waals surface area contributed by atoms with Gasteiger partial charge in [-0.25, -0.2) is 0 Å². The molecule has 0 saturated heterocycles. The first kappa shape index (κ1) is 41.8. The van der Waals surface area contributed by atoms with Crippen molar-refractivity contribution in [1.82, 2.24) is 0 Å². The molecule has 6 aromatic carbocycles. The van der Waals surface area contributed by atoms with Crippen LogP contribution in [0.25, 0.3) is 33.4 Å². The number of benzene rings is 6. The third kappa shape index (κ3) is 8.09. The fraction of sp³-hybridized carbons (Fsp3) is 0.429. The van der Waals surface area contributed by atoms with E-state index in [2.05, 4.69) is 146 Å². The van der Waals surface area contributed by atoms with Crippen molar-refractivity contribution < 1.29 is 0 Å². The second-order valence-electron chi connectivity index (χ2n) is 21.4. The Bertz CT molecular complexity index is 2490. The molecule has 1 nitrogen and oxygen atoms in total. The highest BCUT2D eigenvalue weighted by Gasteiger charge is 2.36. The van der Waals surface area contributed by atoms with Crippen LogP contribution in [0.5, 0.6) is 0 Å². The predicted molar refractivity (Wildman–Crippen MR) is 273 cm³/mol. The third-order valence-electron chi connectivity index (χ3n) is 17.1. The molecule has 4 saturated carbocycles. The Balaban J connectivity index is 0.942. The van der Waals surface area contributed by atoms with E-state index in [1.807, 2.05) is 0 Å². The maximum Gasteiger partial charge on any atom is 0.0465 e. The lowest BCUT2D eigenvalue weighted by Gasteiger charge is -2.33. The molecule has 6 aromatic rings. The minimum Gasteiger partial charge on any atom is -0.310 e. The van der Waals surface area contributed by atoms with Crippen LogP contribution >= 0.6 is 0 Å². The molecule has 0 N–H and O–H groups in total. The summed E-state index contributed by atoms with van der Waals surface area (Å²) in [5.41, 5.74) is 21.4. The van der Waals surface area contributed by atoms with Crippen LogP contribution in [0.4, 0.5) is 17.1 Å². The summed E-state index contributed by atoms with van der Waals surface area (Å²) in [5, 5.41) is 0. The van der Waals surface area contributed by atoms with Gasteiger partial charge in [-0.2, -0.15) is 0 Å². The van der Waals surface area contributed by atoms with Gasteiger partial charge in [0, 0.05) is 22.5 Å². The monoisotopic (exact) mass is 842 g/mol. The van der Waals surface area contributed by atoms with Crippen LogP contribution in [-0.4, -0.2) is 0 Å². The van der Waals surface area contributed by atoms with Crippen LogP contribution in [0.2, 0.25) is 0 Å². The maximum absolute atomic E-state index is 2.75. The molecule has 0 radical (unpaired) electrons. The summed E-state index contributed by atoms with van der Waals surface area (Å²) in [7, 11) is 0. The number of rotatable bonds is 9. The fourth-order valence-corrected chi connectivity index (χ4v) is 13.4. The lowest BCUT2D eigenvalue weighted by Crippen LogP contribution is -2.16. The number of nitrogens with zero attached hydrogens (tertiary/aromatic N) is 1. The van der Waals surface area contributed by atoms with E-state index in [1.54, 1.807) is 22.3 Å². The molecule has 0 aromatic heterocycles. The highest BCUT2D eigenvalue weighted by Crippen LogP contribution is 2.52. The molecule has 328 valence electrons. The Morgan fingerprint density at radius 2 is 0.781 bits per heavy atom. The van der Waals surface area contributed by atoms with Gasteiger partial charge in [-0.05, 0) is 178 Å². The highest BCUT2D eigenvalue weighted by atomic mass is 15.1. The van der Waals surface area contributed by atoms with E-state index in [0.717, 1.165) is 5.92 Å². The molecule has 64 heavy (non-hydrogen) atoms. The smallest absolute Gasteiger partial charge is 0.0465 e. The predicted octanol–water partition coefficient (Wildman–Crippen LogP) is 19.0. The first-order chi connectivity index (χ1) is 31.5. The van der Waals surface area contributed by atoms with Crippen LogP contribution in [0, 0.1) is 0 Å². The van der Waals surface area contributed by atoms with E-state index >= 15 is 0 Å². The Kier molecular flexibility index (Phi) is 11.9. The minimum absolute atomic E-state index is 0.0553. The SMILES string of the molecule is CC1(C)c2ccccc2-c2ccc(N(c3ccc(-c4ccc(-c5c(C6CCCCC6)cc(C6CCCCC6)cc5C5CCCCC5)cc4)cc3)c3ccc(C4CCCCC4)cc3)cc21. The molecular formula is C63H71N. The third-order valence-corrected chi connectivity index (χ3v) is 17.1. The number of anilines is 3. The van der Waals surface area contributed by atoms with Gasteiger partial charge in [0.2, 0.25) is 0 Å². The zero-order chi connectivity index (χ0) is 43.0. The molecule has 11 rings (SSSR count). The van der Waals surface area contributed by atoms with Gasteiger partial charge in [0.15, 0.2) is 0 Å². The van der Waals surface area contributed by atoms with Crippen LogP contribution in [-0.2, 0) is 5.41 Å². The molecule has 0 heterocycles. The Labute approximate surface area is 385 Å². The lowest BCUT2D eigenvalue weighted by molar-refractivity contribution is 0.428. The maximum atomic E-state index is 2.75. The minimum atomic E-state index is -0.0553. The van der Waals surface area contributed by atoms with Gasteiger partial charge in [-0.15, -0.1) is 0 Å². The summed E-state index contributed by atoms with van der Waals surface area (Å²) < 4.78 is 0. The van der Waals surface area contributed by atoms with Crippen molar-refractivity contribution in [3.8, 4) is 33.4 Å². The molecule has 0 spiro atoms. The van der Waals surface area contributed by atoms with Gasteiger partial charge in [-0.1, -0.05) is 182 Å². The summed E-state index contributed by atoms with van der Waals surface area (Å²) in [6, 6.07) is 50.6. The summed E-state index contributed by atoms with van der Waals surface area (Å²) in [6.07, 6.45) is 27.5. The molecule has 0 aliphatic heterocycles. The van der Waals surface area contributed by atoms with Crippen molar-refractivity contribution in [3.63, 3.8) is 0 Å². The fourth-order valence-electron chi connectivity index (χ4n) is 13.4. The normalized spacial score (nSPS) is 19.6. The van der Waals surface area contributed by atoms with E-state index in [1.165, 1.54) is 190 Å². The van der Waals surface area contributed by atoms with Gasteiger partial charge in [-0.3, -0.25) is 0 Å². The molecule has 0 unspecified atom stereocenters. The van der Waals surface area contributed by atoms with E-state index in [4.69, 9.17) is 0 Å². The van der Waals surface area contributed by atoms with Crippen molar-refractivity contribution in [2.24, 2.45) is 0 Å². The van der Waals surface area contributed by atoms with Crippen molar-refractivity contribution in [2.75, 3.05) is 4.90 Å². The number of hydrogen-bond donors (Lipinski definition) is 0. The Morgan fingerprint density at radius 3 is 1.33 bits per heavy atom. The zero-order valence-electron chi connectivity index (χ0n) is 39.0. The Hall–Kier alpha value is -4.88. The van der Waals surface area contributed by atoms with Gasteiger partial charge in [0.05, 0.1) is 0 Å². The van der Waals surface area contributed by atoms with Gasteiger partial charge in [0.25, 0.3) is 0 Å². The van der Waals surface area contributed by atoms with Crippen molar-refractivity contribution in [2.45, 2.75) is 171 Å². The van der Waals surface area contributed by atoms with Crippen molar-refractivity contribution >= 4 is 17.1 Å². The van der Waals surface area contributed by atoms with E-state index in [9.17, 15) is 0 Å². The highest BCUT2D eigenvalue weighted by molar-refractivity contribution is 5.86. The number of hydrogen-bond acceptors (Lipinski definition) is 1. The second kappa shape index (κ2) is 18.2. The average molecular weight is 842 g/mol. The van der Waals surface area contributed by atoms with E-state index in [-0.39, 0.29) is 5.41 Å². The quantitative estimate of drug-likeness (QED) is 0.140. The zero-order valence-corrected chi connectivity index (χ0v) is 39.0.